The van der Waals surface area contributed by atoms with Gasteiger partial charge in [-0.1, -0.05) is 18.2 Å². The highest BCUT2D eigenvalue weighted by molar-refractivity contribution is 5.30. The molecule has 0 aliphatic heterocycles. The number of alkyl halides is 3. The van der Waals surface area contributed by atoms with Gasteiger partial charge in [0, 0.05) is 24.3 Å². The second-order valence-electron chi connectivity index (χ2n) is 4.73. The van der Waals surface area contributed by atoms with Crippen LogP contribution in [0.25, 0.3) is 5.69 Å². The number of aromatic nitrogens is 2. The van der Waals surface area contributed by atoms with Crippen molar-refractivity contribution >= 4 is 0 Å². The van der Waals surface area contributed by atoms with Crippen molar-refractivity contribution in [2.45, 2.75) is 32.1 Å². The fourth-order valence-electron chi connectivity index (χ4n) is 1.88. The number of benzene rings is 1. The molecule has 0 aliphatic carbocycles. The minimum atomic E-state index is -4.14. The summed E-state index contributed by atoms with van der Waals surface area (Å²) in [5.74, 6) is 0. The second kappa shape index (κ2) is 6.09. The predicted octanol–water partition coefficient (Wildman–Crippen LogP) is 3.30. The van der Waals surface area contributed by atoms with E-state index in [1.165, 1.54) is 6.92 Å². The molecule has 1 N–H and O–H groups in total. The number of nitrogens with one attached hydrogen (secondary N) is 1. The summed E-state index contributed by atoms with van der Waals surface area (Å²) in [6.07, 6.45) is -1.51. The Bertz CT molecular complexity index is 534. The summed E-state index contributed by atoms with van der Waals surface area (Å²) in [5, 5.41) is 7.04. The van der Waals surface area contributed by atoms with Crippen LogP contribution >= 0.6 is 0 Å². The zero-order valence-corrected chi connectivity index (χ0v) is 11.1. The van der Waals surface area contributed by atoms with Gasteiger partial charge in [0.15, 0.2) is 0 Å². The molecule has 0 bridgehead atoms. The Kier molecular flexibility index (Phi) is 4.44. The van der Waals surface area contributed by atoms with E-state index in [0.29, 0.717) is 6.54 Å². The van der Waals surface area contributed by atoms with Crippen LogP contribution in [0.4, 0.5) is 13.2 Å². The number of para-hydroxylation sites is 1. The summed E-state index contributed by atoms with van der Waals surface area (Å²) in [6, 6.07) is 8.93. The summed E-state index contributed by atoms with van der Waals surface area (Å²) in [6.45, 7) is 1.89. The van der Waals surface area contributed by atoms with Gasteiger partial charge in [0.05, 0.1) is 18.3 Å². The Labute approximate surface area is 115 Å². The predicted molar refractivity (Wildman–Crippen MR) is 70.5 cm³/mol. The first-order valence-electron chi connectivity index (χ1n) is 6.33. The lowest BCUT2D eigenvalue weighted by atomic mass is 10.2. The van der Waals surface area contributed by atoms with Gasteiger partial charge in [-0.15, -0.1) is 0 Å². The van der Waals surface area contributed by atoms with Crippen molar-refractivity contribution in [3.05, 3.63) is 48.3 Å². The Morgan fingerprint density at radius 3 is 2.60 bits per heavy atom. The van der Waals surface area contributed by atoms with Crippen LogP contribution < -0.4 is 5.32 Å². The molecule has 1 atom stereocenters. The maximum atomic E-state index is 12.2. The minimum absolute atomic E-state index is 0.365. The monoisotopic (exact) mass is 283 g/mol. The Morgan fingerprint density at radius 2 is 1.95 bits per heavy atom. The van der Waals surface area contributed by atoms with E-state index in [4.69, 9.17) is 0 Å². The van der Waals surface area contributed by atoms with Crippen LogP contribution in [0, 0.1) is 0 Å². The molecule has 1 unspecified atom stereocenters. The Hall–Kier alpha value is -1.82. The van der Waals surface area contributed by atoms with Crippen molar-refractivity contribution in [2.75, 3.05) is 0 Å². The normalized spacial score (nSPS) is 13.4. The number of nitrogens with zero attached hydrogens (tertiary/aromatic N) is 2. The molecule has 1 aromatic heterocycles. The van der Waals surface area contributed by atoms with E-state index in [-0.39, 0.29) is 0 Å². The molecule has 1 heterocycles. The van der Waals surface area contributed by atoms with Crippen molar-refractivity contribution in [1.82, 2.24) is 15.1 Å². The first-order chi connectivity index (χ1) is 9.44. The van der Waals surface area contributed by atoms with Gasteiger partial charge in [0.25, 0.3) is 0 Å². The third kappa shape index (κ3) is 4.38. The van der Waals surface area contributed by atoms with Crippen molar-refractivity contribution in [2.24, 2.45) is 0 Å². The zero-order chi connectivity index (χ0) is 14.6. The summed E-state index contributed by atoms with van der Waals surface area (Å²) in [7, 11) is 0. The molecule has 0 spiro atoms. The molecule has 0 aliphatic rings. The van der Waals surface area contributed by atoms with Gasteiger partial charge in [0.2, 0.25) is 0 Å². The third-order valence-electron chi connectivity index (χ3n) is 2.85. The third-order valence-corrected chi connectivity index (χ3v) is 2.85. The van der Waals surface area contributed by atoms with Gasteiger partial charge in [-0.2, -0.15) is 18.3 Å². The summed E-state index contributed by atoms with van der Waals surface area (Å²) in [4.78, 5) is 0. The molecule has 1 aromatic carbocycles. The molecule has 108 valence electrons. The lowest BCUT2D eigenvalue weighted by Gasteiger charge is -2.14. The molecule has 0 fully saturated rings. The van der Waals surface area contributed by atoms with Crippen LogP contribution in [0.3, 0.4) is 0 Å². The maximum Gasteiger partial charge on any atom is 0.390 e. The molecule has 2 rings (SSSR count). The molecule has 0 saturated carbocycles. The van der Waals surface area contributed by atoms with Crippen LogP contribution in [0.2, 0.25) is 0 Å². The average Bonchev–Trinajstić information content (AvgIpc) is 2.84. The highest BCUT2D eigenvalue weighted by Gasteiger charge is 2.29. The van der Waals surface area contributed by atoms with E-state index in [1.807, 2.05) is 36.5 Å². The largest absolute Gasteiger partial charge is 0.390 e. The number of rotatable bonds is 5. The van der Waals surface area contributed by atoms with E-state index in [1.54, 1.807) is 10.9 Å². The van der Waals surface area contributed by atoms with Crippen LogP contribution in [0.5, 0.6) is 0 Å². The van der Waals surface area contributed by atoms with Gasteiger partial charge in [-0.05, 0) is 19.1 Å². The quantitative estimate of drug-likeness (QED) is 0.912. The van der Waals surface area contributed by atoms with Crippen LogP contribution in [0.15, 0.2) is 42.7 Å². The maximum absolute atomic E-state index is 12.2. The Balaban J connectivity index is 1.91. The van der Waals surface area contributed by atoms with Crippen molar-refractivity contribution in [3.63, 3.8) is 0 Å². The minimum Gasteiger partial charge on any atom is -0.310 e. The fourth-order valence-corrected chi connectivity index (χ4v) is 1.88. The summed E-state index contributed by atoms with van der Waals surface area (Å²) >= 11 is 0. The topological polar surface area (TPSA) is 29.9 Å². The van der Waals surface area contributed by atoms with Crippen molar-refractivity contribution in [3.8, 4) is 5.69 Å². The van der Waals surface area contributed by atoms with Crippen molar-refractivity contribution < 1.29 is 13.2 Å². The summed E-state index contributed by atoms with van der Waals surface area (Å²) in [5.41, 5.74) is 1.77. The number of hydrogen-bond acceptors (Lipinski definition) is 2. The van der Waals surface area contributed by atoms with Gasteiger partial charge >= 0.3 is 6.18 Å². The van der Waals surface area contributed by atoms with Gasteiger partial charge in [-0.3, -0.25) is 0 Å². The summed E-state index contributed by atoms with van der Waals surface area (Å²) < 4.78 is 38.3. The smallest absolute Gasteiger partial charge is 0.310 e. The van der Waals surface area contributed by atoms with Crippen molar-refractivity contribution in [1.29, 1.82) is 0 Å². The van der Waals surface area contributed by atoms with Gasteiger partial charge in [0.1, 0.15) is 0 Å². The molecule has 0 radical (unpaired) electrons. The SMILES string of the molecule is CC(CC(F)(F)F)NCc1cnn(-c2ccccc2)c1. The lowest BCUT2D eigenvalue weighted by molar-refractivity contribution is -0.139. The van der Waals surface area contributed by atoms with Gasteiger partial charge in [-0.25, -0.2) is 4.68 Å². The van der Waals surface area contributed by atoms with Crippen LogP contribution in [-0.2, 0) is 6.54 Å². The van der Waals surface area contributed by atoms with E-state index >= 15 is 0 Å². The molecule has 0 amide bonds. The molecule has 0 saturated heterocycles. The second-order valence-corrected chi connectivity index (χ2v) is 4.73. The number of hydrogen-bond donors (Lipinski definition) is 1. The Morgan fingerprint density at radius 1 is 1.25 bits per heavy atom. The van der Waals surface area contributed by atoms with Crippen LogP contribution in [0.1, 0.15) is 18.9 Å². The highest BCUT2D eigenvalue weighted by atomic mass is 19.4. The zero-order valence-electron chi connectivity index (χ0n) is 11.1. The molecule has 3 nitrogen and oxygen atoms in total. The van der Waals surface area contributed by atoms with E-state index < -0.39 is 18.6 Å². The molecule has 6 heteroatoms. The van der Waals surface area contributed by atoms with Gasteiger partial charge < -0.3 is 5.32 Å². The molecular formula is C14H16F3N3. The van der Waals surface area contributed by atoms with E-state index in [2.05, 4.69) is 10.4 Å². The standard InChI is InChI=1S/C14H16F3N3/c1-11(7-14(15,16)17)18-8-12-9-19-20(10-12)13-5-3-2-4-6-13/h2-6,9-11,18H,7-8H2,1H3. The molecule has 2 aromatic rings. The highest BCUT2D eigenvalue weighted by Crippen LogP contribution is 2.21. The van der Waals surface area contributed by atoms with E-state index in [9.17, 15) is 13.2 Å². The number of halogens is 3. The lowest BCUT2D eigenvalue weighted by Crippen LogP contribution is -2.30. The fraction of sp³-hybridized carbons (Fsp3) is 0.357. The van der Waals surface area contributed by atoms with E-state index in [0.717, 1.165) is 11.3 Å². The first-order valence-corrected chi connectivity index (χ1v) is 6.33. The first kappa shape index (κ1) is 14.6. The van der Waals surface area contributed by atoms with Crippen LogP contribution in [-0.4, -0.2) is 22.0 Å². The average molecular weight is 283 g/mol. The molecule has 20 heavy (non-hydrogen) atoms. The molecular weight excluding hydrogens is 267 g/mol.